The summed E-state index contributed by atoms with van der Waals surface area (Å²) >= 11 is 0. The van der Waals surface area contributed by atoms with Gasteiger partial charge in [0.2, 0.25) is 0 Å². The average molecular weight is 425 g/mol. The summed E-state index contributed by atoms with van der Waals surface area (Å²) in [6.07, 6.45) is 7.33. The van der Waals surface area contributed by atoms with Gasteiger partial charge in [-0.15, -0.1) is 0 Å². The Hall–Kier alpha value is -1.06. The quantitative estimate of drug-likeness (QED) is 0.362. The summed E-state index contributed by atoms with van der Waals surface area (Å²) in [5.74, 6) is 0.490. The molecule has 176 valence electrons. The molecule has 2 unspecified atom stereocenters. The minimum absolute atomic E-state index is 0.0606. The topological polar surface area (TPSA) is 52.6 Å². The molecule has 0 N–H and O–H groups in total. The van der Waals surface area contributed by atoms with Gasteiger partial charge in [-0.1, -0.05) is 55.4 Å². The summed E-state index contributed by atoms with van der Waals surface area (Å²) in [4.78, 5) is 24.8. The molecular weight excluding hydrogens is 376 g/mol. The maximum atomic E-state index is 12.4. The number of hydrogen-bond acceptors (Lipinski definition) is 4. The van der Waals surface area contributed by atoms with Gasteiger partial charge in [-0.25, -0.2) is 0 Å². The number of carbonyl (C=O) groups excluding carboxylic acids is 2. The van der Waals surface area contributed by atoms with E-state index in [2.05, 4.69) is 55.4 Å². The normalized spacial score (nSPS) is 22.3. The van der Waals surface area contributed by atoms with Gasteiger partial charge < -0.3 is 9.47 Å². The van der Waals surface area contributed by atoms with Crippen molar-refractivity contribution in [2.24, 2.45) is 34.5 Å². The molecule has 1 rings (SSSR count). The highest BCUT2D eigenvalue weighted by atomic mass is 16.5. The molecule has 1 aliphatic carbocycles. The highest BCUT2D eigenvalue weighted by Crippen LogP contribution is 2.31. The van der Waals surface area contributed by atoms with E-state index in [1.54, 1.807) is 0 Å². The highest BCUT2D eigenvalue weighted by Gasteiger charge is 2.32. The molecule has 0 amide bonds. The molecule has 0 spiro atoms. The van der Waals surface area contributed by atoms with Crippen molar-refractivity contribution in [1.29, 1.82) is 0 Å². The summed E-state index contributed by atoms with van der Waals surface area (Å²) in [5, 5.41) is 0. The molecule has 30 heavy (non-hydrogen) atoms. The van der Waals surface area contributed by atoms with E-state index in [9.17, 15) is 9.59 Å². The first-order chi connectivity index (χ1) is 13.8. The van der Waals surface area contributed by atoms with Gasteiger partial charge in [0.05, 0.1) is 25.0 Å². The average Bonchev–Trinajstić information content (AvgIpc) is 2.66. The molecule has 1 aliphatic rings. The standard InChI is InChI=1S/C26H48O4/c1-19(13-15-25(3,4)5)17-29-23(27)21-9-11-22(12-10-21)24(28)30-18-20(2)14-16-26(6,7)8/h19-22H,9-18H2,1-8H3. The van der Waals surface area contributed by atoms with Crippen LogP contribution in [-0.4, -0.2) is 25.2 Å². The first-order valence-electron chi connectivity index (χ1n) is 12.1. The van der Waals surface area contributed by atoms with Crippen molar-refractivity contribution in [3.8, 4) is 0 Å². The van der Waals surface area contributed by atoms with E-state index < -0.39 is 0 Å². The van der Waals surface area contributed by atoms with Gasteiger partial charge in [-0.05, 0) is 74.0 Å². The van der Waals surface area contributed by atoms with Crippen LogP contribution in [0.25, 0.3) is 0 Å². The van der Waals surface area contributed by atoms with Crippen molar-refractivity contribution < 1.29 is 19.1 Å². The lowest BCUT2D eigenvalue weighted by Gasteiger charge is -2.27. The molecule has 0 saturated heterocycles. The van der Waals surface area contributed by atoms with Crippen LogP contribution in [0.5, 0.6) is 0 Å². The molecule has 0 bridgehead atoms. The van der Waals surface area contributed by atoms with Gasteiger partial charge >= 0.3 is 11.9 Å². The van der Waals surface area contributed by atoms with Crippen LogP contribution >= 0.6 is 0 Å². The fourth-order valence-corrected chi connectivity index (χ4v) is 3.77. The van der Waals surface area contributed by atoms with E-state index in [0.717, 1.165) is 51.4 Å². The summed E-state index contributed by atoms with van der Waals surface area (Å²) in [7, 11) is 0. The third-order valence-electron chi connectivity index (χ3n) is 6.19. The molecule has 4 heteroatoms. The van der Waals surface area contributed by atoms with E-state index >= 15 is 0 Å². The first kappa shape index (κ1) is 27.0. The third-order valence-corrected chi connectivity index (χ3v) is 6.19. The number of ether oxygens (including phenoxy) is 2. The lowest BCUT2D eigenvalue weighted by molar-refractivity contribution is -0.156. The molecule has 0 aromatic carbocycles. The zero-order valence-corrected chi connectivity index (χ0v) is 21.0. The molecule has 2 atom stereocenters. The van der Waals surface area contributed by atoms with Crippen molar-refractivity contribution >= 4 is 11.9 Å². The van der Waals surface area contributed by atoms with Gasteiger partial charge in [0, 0.05) is 0 Å². The Bertz CT molecular complexity index is 470. The minimum atomic E-state index is -0.0831. The highest BCUT2D eigenvalue weighted by molar-refractivity contribution is 5.75. The molecule has 1 saturated carbocycles. The Morgan fingerprint density at radius 2 is 1.00 bits per heavy atom. The van der Waals surface area contributed by atoms with E-state index in [4.69, 9.17) is 9.47 Å². The van der Waals surface area contributed by atoms with Crippen LogP contribution in [0.3, 0.4) is 0 Å². The molecular formula is C26H48O4. The Morgan fingerprint density at radius 1 is 0.700 bits per heavy atom. The zero-order chi connectivity index (χ0) is 22.9. The molecule has 0 aliphatic heterocycles. The Balaban J connectivity index is 2.25. The predicted molar refractivity (Wildman–Crippen MR) is 123 cm³/mol. The van der Waals surface area contributed by atoms with Gasteiger partial charge in [-0.2, -0.15) is 0 Å². The molecule has 4 nitrogen and oxygen atoms in total. The van der Waals surface area contributed by atoms with Gasteiger partial charge in [0.15, 0.2) is 0 Å². The lowest BCUT2D eigenvalue weighted by atomic mass is 9.82. The number of rotatable bonds is 10. The van der Waals surface area contributed by atoms with E-state index in [1.165, 1.54) is 0 Å². The summed E-state index contributed by atoms with van der Waals surface area (Å²) < 4.78 is 11.2. The van der Waals surface area contributed by atoms with E-state index in [0.29, 0.717) is 35.9 Å². The minimum Gasteiger partial charge on any atom is -0.465 e. The number of carbonyl (C=O) groups is 2. The third kappa shape index (κ3) is 12.0. The van der Waals surface area contributed by atoms with Crippen molar-refractivity contribution in [2.45, 2.75) is 107 Å². The lowest BCUT2D eigenvalue weighted by Crippen LogP contribution is -2.29. The SMILES string of the molecule is CC(CCC(C)(C)C)COC(=O)C1CCC(C(=O)OCC(C)CCC(C)(C)C)CC1. The molecule has 0 heterocycles. The molecule has 1 fully saturated rings. The van der Waals surface area contributed by atoms with E-state index in [1.807, 2.05) is 0 Å². The fourth-order valence-electron chi connectivity index (χ4n) is 3.77. The fraction of sp³-hybridized carbons (Fsp3) is 0.923. The Morgan fingerprint density at radius 3 is 1.27 bits per heavy atom. The van der Waals surface area contributed by atoms with Crippen LogP contribution in [0.15, 0.2) is 0 Å². The second-order valence-corrected chi connectivity index (χ2v) is 12.2. The molecule has 0 aromatic heterocycles. The predicted octanol–water partition coefficient (Wildman–Crippen LogP) is 6.80. The Kier molecular flexibility index (Phi) is 10.9. The van der Waals surface area contributed by atoms with Crippen LogP contribution in [0.2, 0.25) is 0 Å². The maximum absolute atomic E-state index is 12.4. The van der Waals surface area contributed by atoms with E-state index in [-0.39, 0.29) is 23.8 Å². The van der Waals surface area contributed by atoms with Gasteiger partial charge in [0.1, 0.15) is 0 Å². The smallest absolute Gasteiger partial charge is 0.308 e. The summed E-state index contributed by atoms with van der Waals surface area (Å²) in [6, 6.07) is 0. The van der Waals surface area contributed by atoms with Crippen LogP contribution in [0.4, 0.5) is 0 Å². The van der Waals surface area contributed by atoms with Gasteiger partial charge in [0.25, 0.3) is 0 Å². The van der Waals surface area contributed by atoms with Crippen LogP contribution in [-0.2, 0) is 19.1 Å². The summed E-state index contributed by atoms with van der Waals surface area (Å²) in [5.41, 5.74) is 0.630. The van der Waals surface area contributed by atoms with Crippen molar-refractivity contribution in [2.75, 3.05) is 13.2 Å². The van der Waals surface area contributed by atoms with Crippen LogP contribution < -0.4 is 0 Å². The number of esters is 2. The zero-order valence-electron chi connectivity index (χ0n) is 21.0. The number of hydrogen-bond donors (Lipinski definition) is 0. The monoisotopic (exact) mass is 424 g/mol. The van der Waals surface area contributed by atoms with Crippen molar-refractivity contribution in [3.05, 3.63) is 0 Å². The van der Waals surface area contributed by atoms with Crippen LogP contribution in [0.1, 0.15) is 107 Å². The Labute approximate surface area is 185 Å². The summed E-state index contributed by atoms with van der Waals surface area (Å²) in [6.45, 7) is 18.7. The first-order valence-corrected chi connectivity index (χ1v) is 12.1. The largest absolute Gasteiger partial charge is 0.465 e. The van der Waals surface area contributed by atoms with Crippen molar-refractivity contribution in [3.63, 3.8) is 0 Å². The second-order valence-electron chi connectivity index (χ2n) is 12.2. The van der Waals surface area contributed by atoms with Crippen LogP contribution in [0, 0.1) is 34.5 Å². The molecule has 0 aromatic rings. The molecule has 0 radical (unpaired) electrons. The van der Waals surface area contributed by atoms with Crippen molar-refractivity contribution in [1.82, 2.24) is 0 Å². The van der Waals surface area contributed by atoms with Gasteiger partial charge in [-0.3, -0.25) is 9.59 Å². The maximum Gasteiger partial charge on any atom is 0.308 e. The second kappa shape index (κ2) is 12.1.